The van der Waals surface area contributed by atoms with E-state index in [0.717, 1.165) is 42.1 Å². The second kappa shape index (κ2) is 9.40. The summed E-state index contributed by atoms with van der Waals surface area (Å²) in [5.41, 5.74) is 2.80. The number of nitrogens with one attached hydrogen (secondary N) is 1. The Balaban J connectivity index is 1.54. The first-order chi connectivity index (χ1) is 14.6. The second-order valence-corrected chi connectivity index (χ2v) is 8.66. The molecule has 1 aromatic carbocycles. The summed E-state index contributed by atoms with van der Waals surface area (Å²) in [5.74, 6) is 0.702. The number of amides is 1. The minimum Gasteiger partial charge on any atom is -0.376 e. The van der Waals surface area contributed by atoms with Crippen LogP contribution < -0.4 is 5.32 Å². The van der Waals surface area contributed by atoms with Crippen LogP contribution in [0.1, 0.15) is 25.3 Å². The Morgan fingerprint density at radius 3 is 2.80 bits per heavy atom. The Bertz CT molecular complexity index is 1000. The number of aromatic nitrogens is 4. The van der Waals surface area contributed by atoms with Gasteiger partial charge in [-0.05, 0) is 50.5 Å². The highest BCUT2D eigenvalue weighted by atomic mass is 32.2. The van der Waals surface area contributed by atoms with E-state index < -0.39 is 0 Å². The lowest BCUT2D eigenvalue weighted by atomic mass is 10.2. The fraction of sp³-hybridized carbons (Fsp3) is 0.364. The molecule has 7 nitrogen and oxygen atoms in total. The van der Waals surface area contributed by atoms with E-state index in [0.29, 0.717) is 11.7 Å². The van der Waals surface area contributed by atoms with Crippen LogP contribution in [-0.2, 0) is 16.1 Å². The largest absolute Gasteiger partial charge is 0.376 e. The topological polar surface area (TPSA) is 81.9 Å². The number of hydrogen-bond acceptors (Lipinski definition) is 6. The average molecular weight is 424 g/mol. The molecule has 2 aromatic heterocycles. The smallest absolute Gasteiger partial charge is 0.237 e. The predicted octanol–water partition coefficient (Wildman–Crippen LogP) is 3.95. The van der Waals surface area contributed by atoms with Crippen molar-refractivity contribution in [1.82, 2.24) is 19.7 Å². The molecule has 2 atom stereocenters. The number of carbonyl (C=O) groups excluding carboxylic acids is 1. The van der Waals surface area contributed by atoms with E-state index in [1.54, 1.807) is 12.4 Å². The van der Waals surface area contributed by atoms with Crippen LogP contribution in [0.25, 0.3) is 11.4 Å². The maximum Gasteiger partial charge on any atom is 0.237 e. The van der Waals surface area contributed by atoms with Gasteiger partial charge < -0.3 is 10.1 Å². The van der Waals surface area contributed by atoms with Gasteiger partial charge in [0.1, 0.15) is 0 Å². The number of aryl methyl sites for hydroxylation is 1. The number of hydrogen-bond donors (Lipinski definition) is 1. The zero-order valence-electron chi connectivity index (χ0n) is 17.1. The van der Waals surface area contributed by atoms with Crippen LogP contribution in [-0.4, -0.2) is 43.6 Å². The summed E-state index contributed by atoms with van der Waals surface area (Å²) in [5, 5.41) is 12.2. The summed E-state index contributed by atoms with van der Waals surface area (Å²) in [6.45, 7) is 5.32. The van der Waals surface area contributed by atoms with E-state index in [1.165, 1.54) is 11.8 Å². The van der Waals surface area contributed by atoms with Crippen molar-refractivity contribution in [3.8, 4) is 11.4 Å². The lowest BCUT2D eigenvalue weighted by Gasteiger charge is -2.17. The molecule has 0 aliphatic carbocycles. The van der Waals surface area contributed by atoms with Crippen molar-refractivity contribution >= 4 is 23.4 Å². The summed E-state index contributed by atoms with van der Waals surface area (Å²) in [7, 11) is 0. The van der Waals surface area contributed by atoms with Crippen LogP contribution >= 0.6 is 11.8 Å². The molecule has 3 aromatic rings. The number of nitrogens with zero attached hydrogens (tertiary/aromatic N) is 4. The lowest BCUT2D eigenvalue weighted by Crippen LogP contribution is -2.24. The second-order valence-electron chi connectivity index (χ2n) is 7.35. The molecular weight excluding hydrogens is 398 g/mol. The lowest BCUT2D eigenvalue weighted by molar-refractivity contribution is -0.115. The quantitative estimate of drug-likeness (QED) is 0.580. The van der Waals surface area contributed by atoms with Crippen molar-refractivity contribution < 1.29 is 9.53 Å². The monoisotopic (exact) mass is 423 g/mol. The van der Waals surface area contributed by atoms with Gasteiger partial charge in [-0.15, -0.1) is 10.2 Å². The van der Waals surface area contributed by atoms with Gasteiger partial charge in [-0.3, -0.25) is 14.3 Å². The Morgan fingerprint density at radius 1 is 1.27 bits per heavy atom. The Kier molecular flexibility index (Phi) is 6.44. The van der Waals surface area contributed by atoms with Crippen molar-refractivity contribution in [1.29, 1.82) is 0 Å². The molecule has 4 rings (SSSR count). The standard InChI is InChI=1S/C22H25N5O2S/c1-15-6-3-4-8-19(15)24-21(28)16(2)30-22-26-25-20(17-9-11-23-12-10-17)27(22)14-18-7-5-13-29-18/h3-4,6,8-12,16,18H,5,7,13-14H2,1-2H3,(H,24,28)/t16-,18+/m0/s1. The van der Waals surface area contributed by atoms with Gasteiger partial charge in [0.05, 0.1) is 17.9 Å². The molecular formula is C22H25N5O2S. The fourth-order valence-corrected chi connectivity index (χ4v) is 4.26. The molecule has 30 heavy (non-hydrogen) atoms. The number of thioether (sulfide) groups is 1. The number of anilines is 1. The highest BCUT2D eigenvalue weighted by Gasteiger charge is 2.24. The number of benzene rings is 1. The van der Waals surface area contributed by atoms with E-state index in [1.807, 2.05) is 50.2 Å². The molecule has 0 radical (unpaired) electrons. The first-order valence-corrected chi connectivity index (χ1v) is 11.0. The van der Waals surface area contributed by atoms with Gasteiger partial charge >= 0.3 is 0 Å². The number of pyridine rings is 1. The van der Waals surface area contributed by atoms with Crippen molar-refractivity contribution in [2.75, 3.05) is 11.9 Å². The highest BCUT2D eigenvalue weighted by molar-refractivity contribution is 8.00. The normalized spacial score (nSPS) is 17.1. The molecule has 1 aliphatic heterocycles. The van der Waals surface area contributed by atoms with Crippen molar-refractivity contribution in [3.05, 3.63) is 54.4 Å². The fourth-order valence-electron chi connectivity index (χ4n) is 3.41. The van der Waals surface area contributed by atoms with Crippen molar-refractivity contribution in [2.24, 2.45) is 0 Å². The van der Waals surface area contributed by atoms with Crippen LogP contribution in [0.2, 0.25) is 0 Å². The minimum absolute atomic E-state index is 0.0635. The van der Waals surface area contributed by atoms with Gasteiger partial charge in [0.2, 0.25) is 5.91 Å². The molecule has 1 saturated heterocycles. The number of carbonyl (C=O) groups is 1. The van der Waals surface area contributed by atoms with Gasteiger partial charge in [-0.25, -0.2) is 0 Å². The Morgan fingerprint density at radius 2 is 2.07 bits per heavy atom. The molecule has 156 valence electrons. The third kappa shape index (κ3) is 4.71. The third-order valence-corrected chi connectivity index (χ3v) is 6.20. The summed E-state index contributed by atoms with van der Waals surface area (Å²) in [6, 6.07) is 11.6. The van der Waals surface area contributed by atoms with Crippen LogP contribution in [0, 0.1) is 6.92 Å². The minimum atomic E-state index is -0.331. The van der Waals surface area contributed by atoms with E-state index in [4.69, 9.17) is 4.74 Å². The molecule has 1 amide bonds. The molecule has 0 saturated carbocycles. The van der Waals surface area contributed by atoms with E-state index in [9.17, 15) is 4.79 Å². The SMILES string of the molecule is Cc1ccccc1NC(=O)[C@H](C)Sc1nnc(-c2ccncc2)n1C[C@H]1CCCO1. The van der Waals surface area contributed by atoms with Gasteiger partial charge in [-0.1, -0.05) is 30.0 Å². The van der Waals surface area contributed by atoms with Crippen molar-refractivity contribution in [3.63, 3.8) is 0 Å². The molecule has 8 heteroatoms. The highest BCUT2D eigenvalue weighted by Crippen LogP contribution is 2.29. The number of para-hydroxylation sites is 1. The van der Waals surface area contributed by atoms with E-state index >= 15 is 0 Å². The van der Waals surface area contributed by atoms with Crippen LogP contribution in [0.4, 0.5) is 5.69 Å². The van der Waals surface area contributed by atoms with Gasteiger partial charge in [0.25, 0.3) is 0 Å². The molecule has 1 aliphatic rings. The number of rotatable bonds is 7. The maximum absolute atomic E-state index is 12.8. The summed E-state index contributed by atoms with van der Waals surface area (Å²) >= 11 is 1.41. The summed E-state index contributed by atoms with van der Waals surface area (Å²) < 4.78 is 7.90. The summed E-state index contributed by atoms with van der Waals surface area (Å²) in [4.78, 5) is 16.9. The van der Waals surface area contributed by atoms with Crippen molar-refractivity contribution in [2.45, 2.75) is 49.7 Å². The number of ether oxygens (including phenoxy) is 1. The predicted molar refractivity (Wildman–Crippen MR) is 117 cm³/mol. The van der Waals surface area contributed by atoms with Crippen LogP contribution in [0.3, 0.4) is 0 Å². The third-order valence-electron chi connectivity index (χ3n) is 5.12. The van der Waals surface area contributed by atoms with Crippen LogP contribution in [0.15, 0.2) is 53.9 Å². The van der Waals surface area contributed by atoms with Crippen LogP contribution in [0.5, 0.6) is 0 Å². The first kappa shape index (κ1) is 20.6. The van der Waals surface area contributed by atoms with Gasteiger partial charge in [0, 0.05) is 30.3 Å². The molecule has 0 bridgehead atoms. The summed E-state index contributed by atoms with van der Waals surface area (Å²) in [6.07, 6.45) is 5.70. The molecule has 0 unspecified atom stereocenters. The maximum atomic E-state index is 12.8. The molecule has 3 heterocycles. The Labute approximate surface area is 180 Å². The van der Waals surface area contributed by atoms with Gasteiger partial charge in [0.15, 0.2) is 11.0 Å². The first-order valence-electron chi connectivity index (χ1n) is 10.1. The molecule has 1 N–H and O–H groups in total. The Hall–Kier alpha value is -2.71. The zero-order chi connectivity index (χ0) is 20.9. The van der Waals surface area contributed by atoms with Gasteiger partial charge in [-0.2, -0.15) is 0 Å². The van der Waals surface area contributed by atoms with E-state index in [2.05, 4.69) is 25.1 Å². The molecule has 1 fully saturated rings. The zero-order valence-corrected chi connectivity index (χ0v) is 17.9. The van der Waals surface area contributed by atoms with E-state index in [-0.39, 0.29) is 17.3 Å². The molecule has 0 spiro atoms. The average Bonchev–Trinajstić information content (AvgIpc) is 3.41.